The summed E-state index contributed by atoms with van der Waals surface area (Å²) in [5.41, 5.74) is -0.968. The second-order valence-electron chi connectivity index (χ2n) is 8.59. The molecule has 1 nitrogen and oxygen atoms in total. The Morgan fingerprint density at radius 2 is 1.53 bits per heavy atom. The van der Waals surface area contributed by atoms with E-state index in [9.17, 15) is 26.3 Å². The third kappa shape index (κ3) is 6.20. The number of hydrogen-bond donors (Lipinski definition) is 0. The van der Waals surface area contributed by atoms with Crippen LogP contribution in [0.5, 0.6) is 5.75 Å². The Morgan fingerprint density at radius 1 is 0.875 bits per heavy atom. The van der Waals surface area contributed by atoms with Gasteiger partial charge < -0.3 is 4.74 Å². The van der Waals surface area contributed by atoms with Gasteiger partial charge in [0.05, 0.1) is 11.1 Å². The largest absolute Gasteiger partial charge is 0.429 e. The minimum Gasteiger partial charge on any atom is -0.429 e. The van der Waals surface area contributed by atoms with Gasteiger partial charge in [0, 0.05) is 6.07 Å². The van der Waals surface area contributed by atoms with Gasteiger partial charge in [0.2, 0.25) is 0 Å². The summed E-state index contributed by atoms with van der Waals surface area (Å²) in [4.78, 5) is 0. The maximum Gasteiger partial charge on any atom is 0.426 e. The Kier molecular flexibility index (Phi) is 7.78. The molecule has 1 aliphatic rings. The molecule has 0 unspecified atom stereocenters. The first-order chi connectivity index (χ1) is 15.1. The molecule has 2 aromatic rings. The lowest BCUT2D eigenvalue weighted by atomic mass is 9.77. The highest BCUT2D eigenvalue weighted by atomic mass is 19.4. The summed E-state index contributed by atoms with van der Waals surface area (Å²) in [6.07, 6.45) is 0.648. The van der Waals surface area contributed by atoms with E-state index in [-0.39, 0.29) is 0 Å². The Labute approximate surface area is 184 Å². The Morgan fingerprint density at radius 3 is 2.09 bits per heavy atom. The van der Waals surface area contributed by atoms with E-state index in [0.29, 0.717) is 24.1 Å². The normalized spacial score (nSPS) is 19.7. The minimum absolute atomic E-state index is 0.323. The molecule has 0 radical (unpaired) electrons. The number of unbranched alkanes of at least 4 members (excludes halogenated alkanes) is 2. The first-order valence-corrected chi connectivity index (χ1v) is 11.1. The van der Waals surface area contributed by atoms with Crippen molar-refractivity contribution in [3.8, 4) is 5.75 Å². The standard InChI is InChI=1S/C25H28F6O/c1-2-3-4-5-17-6-8-18(9-7-17)19-10-12-20(13-11-19)25(30,31)32-21-14-15-22(23(26)16-21)24(27,28)29/h10-18H,2-9H2,1H3/t17-,18-. The monoisotopic (exact) mass is 458 g/mol. The Bertz CT molecular complexity index is 867. The van der Waals surface area contributed by atoms with Crippen LogP contribution in [0.3, 0.4) is 0 Å². The van der Waals surface area contributed by atoms with Crippen LogP contribution in [0.15, 0.2) is 42.5 Å². The van der Waals surface area contributed by atoms with Crippen LogP contribution in [0.2, 0.25) is 0 Å². The zero-order chi connectivity index (χ0) is 23.4. The Balaban J connectivity index is 1.61. The van der Waals surface area contributed by atoms with Crippen LogP contribution in [-0.2, 0) is 12.3 Å². The van der Waals surface area contributed by atoms with E-state index in [4.69, 9.17) is 0 Å². The number of alkyl halides is 5. The molecule has 0 spiro atoms. The summed E-state index contributed by atoms with van der Waals surface area (Å²) in [5, 5.41) is 0. The third-order valence-corrected chi connectivity index (χ3v) is 6.27. The highest BCUT2D eigenvalue weighted by Gasteiger charge is 2.37. The highest BCUT2D eigenvalue weighted by Crippen LogP contribution is 2.40. The molecule has 1 fully saturated rings. The van der Waals surface area contributed by atoms with Crippen molar-refractivity contribution >= 4 is 0 Å². The fourth-order valence-corrected chi connectivity index (χ4v) is 4.41. The van der Waals surface area contributed by atoms with Gasteiger partial charge >= 0.3 is 12.3 Å². The summed E-state index contributed by atoms with van der Waals surface area (Å²) >= 11 is 0. The summed E-state index contributed by atoms with van der Waals surface area (Å²) in [7, 11) is 0. The van der Waals surface area contributed by atoms with Gasteiger partial charge in [-0.05, 0) is 67.3 Å². The number of ether oxygens (including phenoxy) is 1. The molecule has 32 heavy (non-hydrogen) atoms. The molecule has 0 aliphatic heterocycles. The highest BCUT2D eigenvalue weighted by molar-refractivity contribution is 5.33. The van der Waals surface area contributed by atoms with Gasteiger partial charge in [-0.25, -0.2) is 4.39 Å². The number of rotatable bonds is 8. The fraction of sp³-hybridized carbons (Fsp3) is 0.520. The van der Waals surface area contributed by atoms with Crippen molar-refractivity contribution < 1.29 is 31.1 Å². The quantitative estimate of drug-likeness (QED) is 0.284. The van der Waals surface area contributed by atoms with Gasteiger partial charge in [-0.3, -0.25) is 0 Å². The van der Waals surface area contributed by atoms with Gasteiger partial charge in [0.1, 0.15) is 11.6 Å². The van der Waals surface area contributed by atoms with Crippen LogP contribution >= 0.6 is 0 Å². The van der Waals surface area contributed by atoms with Gasteiger partial charge in [0.25, 0.3) is 0 Å². The molecule has 0 bridgehead atoms. The van der Waals surface area contributed by atoms with Crippen molar-refractivity contribution in [3.05, 3.63) is 65.0 Å². The van der Waals surface area contributed by atoms with Crippen LogP contribution in [0.4, 0.5) is 26.3 Å². The molecule has 2 aromatic carbocycles. The van der Waals surface area contributed by atoms with E-state index in [1.165, 1.54) is 37.8 Å². The maximum absolute atomic E-state index is 14.5. The average Bonchev–Trinajstić information content (AvgIpc) is 2.73. The predicted octanol–water partition coefficient (Wildman–Crippen LogP) is 8.83. The number of halogens is 6. The van der Waals surface area contributed by atoms with Gasteiger partial charge in [-0.15, -0.1) is 0 Å². The zero-order valence-electron chi connectivity index (χ0n) is 18.0. The molecule has 0 atom stereocenters. The van der Waals surface area contributed by atoms with E-state index >= 15 is 0 Å². The number of benzene rings is 2. The molecule has 1 saturated carbocycles. The average molecular weight is 458 g/mol. The molecule has 0 amide bonds. The van der Waals surface area contributed by atoms with Gasteiger partial charge in [-0.2, -0.15) is 22.0 Å². The second-order valence-corrected chi connectivity index (χ2v) is 8.59. The first-order valence-electron chi connectivity index (χ1n) is 11.1. The Hall–Kier alpha value is -2.18. The van der Waals surface area contributed by atoms with Crippen molar-refractivity contribution in [2.75, 3.05) is 0 Å². The van der Waals surface area contributed by atoms with E-state index in [2.05, 4.69) is 11.7 Å². The second kappa shape index (κ2) is 10.2. The smallest absolute Gasteiger partial charge is 0.426 e. The van der Waals surface area contributed by atoms with Crippen LogP contribution in [0.1, 0.15) is 80.9 Å². The van der Waals surface area contributed by atoms with Crippen molar-refractivity contribution in [1.29, 1.82) is 0 Å². The van der Waals surface area contributed by atoms with Crippen LogP contribution in [0, 0.1) is 11.7 Å². The lowest BCUT2D eigenvalue weighted by molar-refractivity contribution is -0.185. The van der Waals surface area contributed by atoms with E-state index in [1.807, 2.05) is 0 Å². The summed E-state index contributed by atoms with van der Waals surface area (Å²) in [6, 6.07) is 7.25. The molecule has 0 aromatic heterocycles. The number of hydrogen-bond acceptors (Lipinski definition) is 1. The van der Waals surface area contributed by atoms with Crippen molar-refractivity contribution in [1.82, 2.24) is 0 Å². The molecular weight excluding hydrogens is 430 g/mol. The fourth-order valence-electron chi connectivity index (χ4n) is 4.41. The van der Waals surface area contributed by atoms with Crippen LogP contribution in [-0.4, -0.2) is 0 Å². The molecule has 176 valence electrons. The van der Waals surface area contributed by atoms with E-state index in [0.717, 1.165) is 37.2 Å². The molecule has 0 heterocycles. The molecule has 0 N–H and O–H groups in total. The lowest BCUT2D eigenvalue weighted by Gasteiger charge is -2.29. The molecule has 1 aliphatic carbocycles. The van der Waals surface area contributed by atoms with Crippen molar-refractivity contribution in [3.63, 3.8) is 0 Å². The SMILES string of the molecule is CCCCC[C@H]1CC[C@H](c2ccc(C(F)(F)Oc3ccc(C(F)(F)F)c(F)c3)cc2)CC1. The summed E-state index contributed by atoms with van der Waals surface area (Å²) in [6.45, 7) is 2.19. The first kappa shape index (κ1) is 24.5. The van der Waals surface area contributed by atoms with E-state index in [1.54, 1.807) is 12.1 Å². The van der Waals surface area contributed by atoms with Gasteiger partial charge in [-0.1, -0.05) is 44.7 Å². The third-order valence-electron chi connectivity index (χ3n) is 6.27. The topological polar surface area (TPSA) is 9.23 Å². The molecule has 0 saturated heterocycles. The molecule has 7 heteroatoms. The van der Waals surface area contributed by atoms with E-state index < -0.39 is 35.0 Å². The van der Waals surface area contributed by atoms with Gasteiger partial charge in [0.15, 0.2) is 0 Å². The van der Waals surface area contributed by atoms with Crippen LogP contribution in [0.25, 0.3) is 0 Å². The minimum atomic E-state index is -4.91. The predicted molar refractivity (Wildman–Crippen MR) is 111 cm³/mol. The van der Waals surface area contributed by atoms with Crippen LogP contribution < -0.4 is 4.74 Å². The zero-order valence-corrected chi connectivity index (χ0v) is 18.0. The maximum atomic E-state index is 14.5. The molecule has 3 rings (SSSR count). The van der Waals surface area contributed by atoms with Crippen molar-refractivity contribution in [2.45, 2.75) is 76.5 Å². The summed E-state index contributed by atoms with van der Waals surface area (Å²) in [5.74, 6) is -1.25. The molecular formula is C25H28F6O. The lowest BCUT2D eigenvalue weighted by Crippen LogP contribution is -2.22. The summed E-state index contributed by atoms with van der Waals surface area (Å²) < 4.78 is 85.1. The van der Waals surface area contributed by atoms with Crippen molar-refractivity contribution in [2.24, 2.45) is 5.92 Å².